The second-order valence-corrected chi connectivity index (χ2v) is 61.4. The number of allylic oxidation sites excluding steroid dienone is 16. The minimum Gasteiger partial charge on any atom is -0.147 e. The Kier molecular flexibility index (Phi) is 24.1. The van der Waals surface area contributed by atoms with Gasteiger partial charge in [-0.2, -0.15) is 0 Å². The maximum absolute atomic E-state index is 2.61. The van der Waals surface area contributed by atoms with Crippen molar-refractivity contribution in [2.24, 2.45) is 0 Å². The summed E-state index contributed by atoms with van der Waals surface area (Å²) in [6.45, 7) is 19.7. The number of hydrogen-bond donors (Lipinski definition) is 0. The topological polar surface area (TPSA) is 0 Å². The summed E-state index contributed by atoms with van der Waals surface area (Å²) in [5.74, 6) is 0. The maximum Gasteiger partial charge on any atom is -0.147 e. The standard InChI is InChI=1S/4C9H13.2C2H6Si.2ClH.2Hf/c4*1-2-3-6-9-7-4-5-8-9;2*1-3-2;;;;/h4*4,7H,2-3,5-6H2,1H3;2*1-2H3;2*1H;;. The number of rotatable bonds is 16. The molecule has 0 aromatic carbocycles. The van der Waals surface area contributed by atoms with E-state index in [2.05, 4.69) is 102 Å². The van der Waals surface area contributed by atoms with Crippen LogP contribution in [-0.2, 0) is 40.1 Å². The molecule has 0 nitrogen and oxygen atoms in total. The van der Waals surface area contributed by atoms with Gasteiger partial charge in [-0.3, -0.25) is 0 Å². The monoisotopic (exact) mass is 1030 g/mol. The third-order valence-electron chi connectivity index (χ3n) is 9.52. The first kappa shape index (κ1) is 44.7. The Balaban J connectivity index is 0.000000441. The van der Waals surface area contributed by atoms with Gasteiger partial charge in [-0.1, -0.05) is 0 Å². The van der Waals surface area contributed by atoms with Crippen LogP contribution in [0.5, 0.6) is 0 Å². The molecule has 6 heteroatoms. The molecule has 0 bridgehead atoms. The second kappa shape index (κ2) is 24.8. The molecular formula is C40H66Cl2Hf2Si2. The van der Waals surface area contributed by atoms with Crippen LogP contribution in [0.25, 0.3) is 0 Å². The molecule has 4 aliphatic carbocycles. The molecule has 0 saturated heterocycles. The molecule has 0 unspecified atom stereocenters. The molecule has 0 spiro atoms. The number of unbranched alkanes of at least 4 members (excludes halogenated alkanes) is 4. The van der Waals surface area contributed by atoms with Crippen LogP contribution in [-0.4, -0.2) is 11.0 Å². The Bertz CT molecular complexity index is 1130. The van der Waals surface area contributed by atoms with E-state index in [9.17, 15) is 0 Å². The average molecular weight is 1030 g/mol. The Labute approximate surface area is 313 Å². The molecule has 4 aliphatic rings. The zero-order valence-corrected chi connectivity index (χ0v) is 41.6. The zero-order valence-electron chi connectivity index (χ0n) is 30.7. The number of halogens is 2. The summed E-state index contributed by atoms with van der Waals surface area (Å²) in [4.78, 5) is 0. The van der Waals surface area contributed by atoms with E-state index in [0.29, 0.717) is 0 Å². The van der Waals surface area contributed by atoms with Crippen LogP contribution in [0.3, 0.4) is 0 Å². The van der Waals surface area contributed by atoms with Gasteiger partial charge in [0.2, 0.25) is 0 Å². The zero-order chi connectivity index (χ0) is 31.9. The first-order valence-corrected chi connectivity index (χ1v) is 41.2. The van der Waals surface area contributed by atoms with Crippen LogP contribution in [0, 0.1) is 0 Å². The van der Waals surface area contributed by atoms with E-state index in [4.69, 9.17) is 0 Å². The van der Waals surface area contributed by atoms with E-state index >= 15 is 0 Å². The Morgan fingerprint density at radius 1 is 0.435 bits per heavy atom. The molecule has 0 saturated carbocycles. The fourth-order valence-corrected chi connectivity index (χ4v) is 59.1. The van der Waals surface area contributed by atoms with Crippen LogP contribution in [0.2, 0.25) is 26.2 Å². The van der Waals surface area contributed by atoms with Gasteiger partial charge in [0, 0.05) is 0 Å². The summed E-state index contributed by atoms with van der Waals surface area (Å²) in [6, 6.07) is 0. The van der Waals surface area contributed by atoms with E-state index in [1.807, 2.05) is 13.3 Å². The first-order valence-electron chi connectivity index (χ1n) is 18.3. The van der Waals surface area contributed by atoms with Gasteiger partial charge in [-0.05, 0) is 0 Å². The normalized spacial score (nSPS) is 16.3. The van der Waals surface area contributed by atoms with Gasteiger partial charge in [-0.15, -0.1) is 24.8 Å². The molecule has 0 aromatic heterocycles. The van der Waals surface area contributed by atoms with Gasteiger partial charge >= 0.3 is 292 Å². The first-order chi connectivity index (χ1) is 21.4. The van der Waals surface area contributed by atoms with Crippen LogP contribution < -0.4 is 0 Å². The van der Waals surface area contributed by atoms with Crippen LogP contribution >= 0.6 is 24.8 Å². The SMILES string of the molecule is CCCCC1=[C]([Hf]([C]2=C(CCCC)C=CC2)=[Si](C)C)CC=C1.CCCCC1=[C]([Hf]([C]2=C(CCCC)C=CC2)=[Si](C)C)CC=C1.Cl.Cl. The second-order valence-electron chi connectivity index (χ2n) is 13.6. The van der Waals surface area contributed by atoms with Crippen molar-refractivity contribution < 1.29 is 40.1 Å². The molecule has 0 aliphatic heterocycles. The minimum absolute atomic E-state index is 0. The third kappa shape index (κ3) is 13.1. The molecule has 0 N–H and O–H groups in total. The smallest absolute Gasteiger partial charge is 0.147 e. The fraction of sp³-hybridized carbons (Fsp3) is 0.600. The van der Waals surface area contributed by atoms with Crippen molar-refractivity contribution in [1.29, 1.82) is 0 Å². The molecule has 0 heterocycles. The van der Waals surface area contributed by atoms with Gasteiger partial charge in [-0.25, -0.2) is 0 Å². The van der Waals surface area contributed by atoms with E-state index in [1.165, 1.54) is 103 Å². The van der Waals surface area contributed by atoms with Crippen LogP contribution in [0.4, 0.5) is 0 Å². The predicted octanol–water partition coefficient (Wildman–Crippen LogP) is 14.2. The molecule has 4 rings (SSSR count). The predicted molar refractivity (Wildman–Crippen MR) is 211 cm³/mol. The van der Waals surface area contributed by atoms with E-state index < -0.39 is 40.1 Å². The van der Waals surface area contributed by atoms with Gasteiger partial charge in [0.15, 0.2) is 0 Å². The van der Waals surface area contributed by atoms with E-state index in [-0.39, 0.29) is 35.8 Å². The van der Waals surface area contributed by atoms with Crippen LogP contribution in [0.15, 0.2) is 84.2 Å². The molecule has 46 heavy (non-hydrogen) atoms. The molecule has 0 amide bonds. The average Bonchev–Trinajstić information content (AvgIpc) is 3.83. The van der Waals surface area contributed by atoms with Gasteiger partial charge < -0.3 is 0 Å². The summed E-state index contributed by atoms with van der Waals surface area (Å²) in [7, 11) is 0. The van der Waals surface area contributed by atoms with E-state index in [0.717, 1.165) is 0 Å². The minimum atomic E-state index is -1.76. The van der Waals surface area contributed by atoms with Crippen molar-refractivity contribution >= 4 is 35.8 Å². The quantitative estimate of drug-likeness (QED) is 0.135. The molecule has 0 atom stereocenters. The summed E-state index contributed by atoms with van der Waals surface area (Å²) in [5.41, 5.74) is 6.80. The van der Waals surface area contributed by atoms with Crippen molar-refractivity contribution in [1.82, 2.24) is 0 Å². The molecule has 0 fully saturated rings. The molecule has 0 aromatic rings. The Morgan fingerprint density at radius 3 is 0.826 bits per heavy atom. The molecule has 256 valence electrons. The third-order valence-corrected chi connectivity index (χ3v) is 59.2. The van der Waals surface area contributed by atoms with Crippen molar-refractivity contribution in [3.8, 4) is 0 Å². The van der Waals surface area contributed by atoms with Crippen LogP contribution in [0.1, 0.15) is 130 Å². The summed E-state index contributed by atoms with van der Waals surface area (Å²) in [5, 5.41) is 0. The largest absolute Gasteiger partial charge is 0.147 e. The van der Waals surface area contributed by atoms with Crippen molar-refractivity contribution in [3.63, 3.8) is 0 Å². The summed E-state index contributed by atoms with van der Waals surface area (Å²) in [6.07, 6.45) is 41.2. The molecular weight excluding hydrogens is 964 g/mol. The van der Waals surface area contributed by atoms with Gasteiger partial charge in [0.1, 0.15) is 0 Å². The van der Waals surface area contributed by atoms with Crippen molar-refractivity contribution in [2.45, 2.75) is 157 Å². The number of hydrogen-bond acceptors (Lipinski definition) is 0. The summed E-state index contributed by atoms with van der Waals surface area (Å²) < 4.78 is 7.96. The molecule has 0 radical (unpaired) electrons. The van der Waals surface area contributed by atoms with Gasteiger partial charge in [0.05, 0.1) is 0 Å². The van der Waals surface area contributed by atoms with Gasteiger partial charge in [0.25, 0.3) is 0 Å². The summed E-state index contributed by atoms with van der Waals surface area (Å²) >= 11 is -3.51. The Morgan fingerprint density at radius 2 is 0.652 bits per heavy atom. The maximum atomic E-state index is 2.61. The fourth-order valence-electron chi connectivity index (χ4n) is 7.23. The van der Waals surface area contributed by atoms with Crippen molar-refractivity contribution in [3.05, 3.63) is 84.2 Å². The van der Waals surface area contributed by atoms with E-state index in [1.54, 1.807) is 22.3 Å². The Hall–Kier alpha value is 0.674. The van der Waals surface area contributed by atoms with Crippen molar-refractivity contribution in [2.75, 3.05) is 0 Å².